The summed E-state index contributed by atoms with van der Waals surface area (Å²) in [5, 5.41) is 2.46. The Balaban J connectivity index is 2.28. The van der Waals surface area contributed by atoms with Gasteiger partial charge >= 0.3 is 0 Å². The van der Waals surface area contributed by atoms with Gasteiger partial charge in [-0.25, -0.2) is 4.39 Å². The second-order valence-corrected chi connectivity index (χ2v) is 3.85. The number of nitrogens with one attached hydrogen (secondary N) is 1. The Morgan fingerprint density at radius 2 is 2.17 bits per heavy atom. The highest BCUT2D eigenvalue weighted by Crippen LogP contribution is 2.19. The van der Waals surface area contributed by atoms with Crippen molar-refractivity contribution < 1.29 is 9.18 Å². The topological polar surface area (TPSA) is 68.0 Å². The van der Waals surface area contributed by atoms with E-state index in [4.69, 9.17) is 5.73 Å². The summed E-state index contributed by atoms with van der Waals surface area (Å²) in [6, 6.07) is 6.51. The second-order valence-electron chi connectivity index (χ2n) is 3.85. The van der Waals surface area contributed by atoms with Gasteiger partial charge in [0, 0.05) is 11.9 Å². The third-order valence-corrected chi connectivity index (χ3v) is 2.59. The van der Waals surface area contributed by atoms with Crippen molar-refractivity contribution in [3.05, 3.63) is 53.6 Å². The molecule has 0 aliphatic rings. The normalized spacial score (nSPS) is 10.1. The standard InChI is InChI=1S/C13H12FN3O/c1-8-3-2-4-9(12(8)15)13(18)17-11-5-6-16-7-10(11)14/h2-7H,15H2,1H3,(H,16,17,18). The van der Waals surface area contributed by atoms with Crippen LogP contribution in [0.15, 0.2) is 36.7 Å². The lowest BCUT2D eigenvalue weighted by Crippen LogP contribution is -2.15. The Labute approximate surface area is 104 Å². The zero-order valence-corrected chi connectivity index (χ0v) is 9.77. The fraction of sp³-hybridized carbons (Fsp3) is 0.0769. The Morgan fingerprint density at radius 1 is 1.39 bits per heavy atom. The van der Waals surface area contributed by atoms with E-state index >= 15 is 0 Å². The third-order valence-electron chi connectivity index (χ3n) is 2.59. The largest absolute Gasteiger partial charge is 0.398 e. The Morgan fingerprint density at radius 3 is 2.89 bits per heavy atom. The van der Waals surface area contributed by atoms with Gasteiger partial charge in [-0.2, -0.15) is 0 Å². The molecule has 2 aromatic rings. The number of nitrogens with two attached hydrogens (primary N) is 1. The number of benzene rings is 1. The molecule has 0 spiro atoms. The van der Waals surface area contributed by atoms with Crippen molar-refractivity contribution in [3.8, 4) is 0 Å². The molecule has 4 nitrogen and oxygen atoms in total. The van der Waals surface area contributed by atoms with E-state index in [1.807, 2.05) is 0 Å². The third kappa shape index (κ3) is 2.29. The minimum absolute atomic E-state index is 0.0795. The van der Waals surface area contributed by atoms with Gasteiger partial charge in [0.05, 0.1) is 17.4 Å². The quantitative estimate of drug-likeness (QED) is 0.798. The number of anilines is 2. The number of hydrogen-bond donors (Lipinski definition) is 2. The predicted molar refractivity (Wildman–Crippen MR) is 67.7 cm³/mol. The van der Waals surface area contributed by atoms with E-state index in [2.05, 4.69) is 10.3 Å². The van der Waals surface area contributed by atoms with E-state index in [1.54, 1.807) is 25.1 Å². The highest BCUT2D eigenvalue weighted by atomic mass is 19.1. The number of pyridine rings is 1. The second kappa shape index (κ2) is 4.83. The van der Waals surface area contributed by atoms with Crippen LogP contribution >= 0.6 is 0 Å². The van der Waals surface area contributed by atoms with Gasteiger partial charge in [0.15, 0.2) is 5.82 Å². The van der Waals surface area contributed by atoms with E-state index in [-0.39, 0.29) is 5.69 Å². The molecule has 18 heavy (non-hydrogen) atoms. The van der Waals surface area contributed by atoms with Crippen LogP contribution in [0.25, 0.3) is 0 Å². The van der Waals surface area contributed by atoms with Crippen molar-refractivity contribution in [1.82, 2.24) is 4.98 Å². The summed E-state index contributed by atoms with van der Waals surface area (Å²) < 4.78 is 13.3. The number of nitrogen functional groups attached to an aromatic ring is 1. The molecule has 5 heteroatoms. The summed E-state index contributed by atoms with van der Waals surface area (Å²) >= 11 is 0. The number of carbonyl (C=O) groups is 1. The first-order valence-electron chi connectivity index (χ1n) is 5.35. The van der Waals surface area contributed by atoms with Crippen LogP contribution in [0.5, 0.6) is 0 Å². The van der Waals surface area contributed by atoms with Gasteiger partial charge in [-0.05, 0) is 24.6 Å². The molecule has 0 aliphatic heterocycles. The van der Waals surface area contributed by atoms with Crippen molar-refractivity contribution in [1.29, 1.82) is 0 Å². The van der Waals surface area contributed by atoms with Crippen LogP contribution in [-0.2, 0) is 0 Å². The van der Waals surface area contributed by atoms with Gasteiger partial charge in [0.25, 0.3) is 5.91 Å². The fourth-order valence-electron chi connectivity index (χ4n) is 1.54. The molecule has 0 aliphatic carbocycles. The van der Waals surface area contributed by atoms with E-state index in [0.29, 0.717) is 11.3 Å². The van der Waals surface area contributed by atoms with Gasteiger partial charge < -0.3 is 11.1 Å². The fourth-order valence-corrected chi connectivity index (χ4v) is 1.54. The summed E-state index contributed by atoms with van der Waals surface area (Å²) in [6.07, 6.45) is 2.44. The van der Waals surface area contributed by atoms with Crippen molar-refractivity contribution in [2.75, 3.05) is 11.1 Å². The minimum Gasteiger partial charge on any atom is -0.398 e. The summed E-state index contributed by atoms with van der Waals surface area (Å²) in [7, 11) is 0. The van der Waals surface area contributed by atoms with Crippen LogP contribution in [0.1, 0.15) is 15.9 Å². The molecule has 0 bridgehead atoms. The molecule has 3 N–H and O–H groups in total. The van der Waals surface area contributed by atoms with E-state index < -0.39 is 11.7 Å². The molecular formula is C13H12FN3O. The smallest absolute Gasteiger partial charge is 0.257 e. The van der Waals surface area contributed by atoms with Crippen LogP contribution in [0.2, 0.25) is 0 Å². The Bertz CT molecular complexity index is 599. The van der Waals surface area contributed by atoms with Crippen molar-refractivity contribution in [2.24, 2.45) is 0 Å². The van der Waals surface area contributed by atoms with Gasteiger partial charge in [-0.1, -0.05) is 12.1 Å². The first-order valence-corrected chi connectivity index (χ1v) is 5.35. The van der Waals surface area contributed by atoms with Crippen LogP contribution in [0.3, 0.4) is 0 Å². The van der Waals surface area contributed by atoms with Gasteiger partial charge in [-0.15, -0.1) is 0 Å². The Kier molecular flexibility index (Phi) is 3.23. The monoisotopic (exact) mass is 245 g/mol. The first kappa shape index (κ1) is 12.0. The number of halogens is 1. The van der Waals surface area contributed by atoms with Crippen molar-refractivity contribution in [3.63, 3.8) is 0 Å². The maximum atomic E-state index is 13.3. The van der Waals surface area contributed by atoms with Gasteiger partial charge in [0.1, 0.15) is 0 Å². The molecule has 92 valence electrons. The molecule has 1 aromatic carbocycles. The molecule has 0 atom stereocenters. The molecule has 1 amide bonds. The highest BCUT2D eigenvalue weighted by molar-refractivity contribution is 6.08. The van der Waals surface area contributed by atoms with Gasteiger partial charge in [-0.3, -0.25) is 9.78 Å². The average molecular weight is 245 g/mol. The number of carbonyl (C=O) groups excluding carboxylic acids is 1. The van der Waals surface area contributed by atoms with E-state index in [0.717, 1.165) is 11.8 Å². The number of hydrogen-bond acceptors (Lipinski definition) is 3. The number of aromatic nitrogens is 1. The number of amides is 1. The zero-order chi connectivity index (χ0) is 13.1. The lowest BCUT2D eigenvalue weighted by molar-refractivity contribution is 0.102. The number of para-hydroxylation sites is 1. The number of aryl methyl sites for hydroxylation is 1. The first-order chi connectivity index (χ1) is 8.59. The van der Waals surface area contributed by atoms with Crippen LogP contribution in [0, 0.1) is 12.7 Å². The molecule has 1 aromatic heterocycles. The predicted octanol–water partition coefficient (Wildman–Crippen LogP) is 2.36. The summed E-state index contributed by atoms with van der Waals surface area (Å²) in [6.45, 7) is 1.80. The summed E-state index contributed by atoms with van der Waals surface area (Å²) in [5.74, 6) is -1.03. The molecule has 0 unspecified atom stereocenters. The van der Waals surface area contributed by atoms with Gasteiger partial charge in [0.2, 0.25) is 0 Å². The van der Waals surface area contributed by atoms with Crippen LogP contribution in [0.4, 0.5) is 15.8 Å². The minimum atomic E-state index is -0.586. The number of nitrogens with zero attached hydrogens (tertiary/aromatic N) is 1. The molecule has 0 radical (unpaired) electrons. The van der Waals surface area contributed by atoms with Crippen molar-refractivity contribution in [2.45, 2.75) is 6.92 Å². The molecular weight excluding hydrogens is 233 g/mol. The van der Waals surface area contributed by atoms with E-state index in [1.165, 1.54) is 12.3 Å². The molecule has 1 heterocycles. The Hall–Kier alpha value is -2.43. The maximum Gasteiger partial charge on any atom is 0.257 e. The average Bonchev–Trinajstić information content (AvgIpc) is 2.35. The zero-order valence-electron chi connectivity index (χ0n) is 9.77. The maximum absolute atomic E-state index is 13.3. The van der Waals surface area contributed by atoms with Crippen LogP contribution in [-0.4, -0.2) is 10.9 Å². The summed E-state index contributed by atoms with van der Waals surface area (Å²) in [5.41, 5.74) is 7.41. The lowest BCUT2D eigenvalue weighted by atomic mass is 10.1. The number of rotatable bonds is 2. The summed E-state index contributed by atoms with van der Waals surface area (Å²) in [4.78, 5) is 15.6. The molecule has 0 fully saturated rings. The highest BCUT2D eigenvalue weighted by Gasteiger charge is 2.12. The van der Waals surface area contributed by atoms with E-state index in [9.17, 15) is 9.18 Å². The molecule has 0 saturated heterocycles. The SMILES string of the molecule is Cc1cccc(C(=O)Nc2ccncc2F)c1N. The molecule has 0 saturated carbocycles. The molecule has 2 rings (SSSR count). The lowest BCUT2D eigenvalue weighted by Gasteiger charge is -2.09. The van der Waals surface area contributed by atoms with Crippen molar-refractivity contribution >= 4 is 17.3 Å². The van der Waals surface area contributed by atoms with Crippen LogP contribution < -0.4 is 11.1 Å².